The van der Waals surface area contributed by atoms with Crippen molar-refractivity contribution in [2.45, 2.75) is 17.9 Å². The topological polar surface area (TPSA) is 55.6 Å². The van der Waals surface area contributed by atoms with Crippen LogP contribution in [0.4, 0.5) is 5.13 Å². The number of methoxy groups -OCH3 is 1. The van der Waals surface area contributed by atoms with E-state index in [0.717, 1.165) is 9.60 Å². The van der Waals surface area contributed by atoms with E-state index < -0.39 is 0 Å². The monoisotopic (exact) mass is 492 g/mol. The van der Waals surface area contributed by atoms with Crippen LogP contribution >= 0.6 is 46.3 Å². The highest BCUT2D eigenvalue weighted by molar-refractivity contribution is 7.99. The summed E-state index contributed by atoms with van der Waals surface area (Å²) >= 11 is 15.3. The van der Waals surface area contributed by atoms with Crippen molar-refractivity contribution in [1.29, 1.82) is 0 Å². The second-order valence-electron chi connectivity index (χ2n) is 6.54. The molecule has 0 N–H and O–H groups in total. The summed E-state index contributed by atoms with van der Waals surface area (Å²) < 4.78 is 11.7. The first-order valence-corrected chi connectivity index (χ1v) is 11.9. The van der Waals surface area contributed by atoms with Crippen LogP contribution in [0.15, 0.2) is 64.1 Å². The summed E-state index contributed by atoms with van der Waals surface area (Å²) in [7, 11) is 1.58. The Morgan fingerprint density at radius 1 is 1.19 bits per heavy atom. The normalized spacial score (nSPS) is 11.1. The molecule has 160 valence electrons. The van der Waals surface area contributed by atoms with Gasteiger partial charge in [-0.25, -0.2) is 4.98 Å². The van der Waals surface area contributed by atoms with Gasteiger partial charge in [0.2, 0.25) is 5.91 Å². The van der Waals surface area contributed by atoms with Crippen LogP contribution in [0.1, 0.15) is 12.2 Å². The summed E-state index contributed by atoms with van der Waals surface area (Å²) in [6.45, 7) is 0.289. The Bertz CT molecular complexity index is 1180. The molecule has 0 fully saturated rings. The molecule has 0 bridgehead atoms. The number of thiazole rings is 1. The quantitative estimate of drug-likeness (QED) is 0.250. The molecule has 4 aromatic rings. The fourth-order valence-electron chi connectivity index (χ4n) is 2.96. The van der Waals surface area contributed by atoms with Crippen molar-refractivity contribution in [1.82, 2.24) is 4.98 Å². The number of anilines is 1. The number of halogens is 2. The van der Waals surface area contributed by atoms with Gasteiger partial charge >= 0.3 is 0 Å². The Labute approximate surface area is 197 Å². The number of hydrogen-bond acceptors (Lipinski definition) is 6. The summed E-state index contributed by atoms with van der Waals surface area (Å²) in [5, 5.41) is 1.82. The summed E-state index contributed by atoms with van der Waals surface area (Å²) in [6.07, 6.45) is 1.93. The van der Waals surface area contributed by atoms with Crippen LogP contribution in [0, 0.1) is 0 Å². The number of rotatable bonds is 8. The van der Waals surface area contributed by atoms with Gasteiger partial charge in [-0.2, -0.15) is 0 Å². The highest BCUT2D eigenvalue weighted by Crippen LogP contribution is 2.39. The van der Waals surface area contributed by atoms with E-state index in [1.807, 2.05) is 30.3 Å². The van der Waals surface area contributed by atoms with E-state index in [-0.39, 0.29) is 12.5 Å². The van der Waals surface area contributed by atoms with Crippen molar-refractivity contribution >= 4 is 67.6 Å². The molecule has 4 rings (SSSR count). The fraction of sp³-hybridized carbons (Fsp3) is 0.182. The molecular formula is C22H18Cl2N2O3S2. The standard InChI is InChI=1S/C22H18Cl2N2O3S2/c1-28-18-9-8-17(24)21-20(18)25-22(31-21)26(13-15-3-2-11-29-15)19(27)10-12-30-16-6-4-14(23)5-7-16/h2-9,11H,10,12-13H2,1H3. The molecule has 0 unspecified atom stereocenters. The molecule has 0 aliphatic rings. The molecule has 1 amide bonds. The van der Waals surface area contributed by atoms with Gasteiger partial charge in [0.15, 0.2) is 5.13 Å². The first kappa shape index (κ1) is 22.0. The molecule has 2 aromatic heterocycles. The van der Waals surface area contributed by atoms with Gasteiger partial charge in [0.05, 0.1) is 29.6 Å². The molecule has 0 aliphatic carbocycles. The van der Waals surface area contributed by atoms with Crippen LogP contribution in [-0.2, 0) is 11.3 Å². The van der Waals surface area contributed by atoms with Gasteiger partial charge in [0.1, 0.15) is 17.0 Å². The first-order valence-electron chi connectivity index (χ1n) is 9.39. The van der Waals surface area contributed by atoms with Crippen molar-refractivity contribution in [3.63, 3.8) is 0 Å². The van der Waals surface area contributed by atoms with Crippen LogP contribution in [0.5, 0.6) is 5.75 Å². The molecule has 0 saturated heterocycles. The van der Waals surface area contributed by atoms with Crippen LogP contribution in [0.3, 0.4) is 0 Å². The number of furan rings is 1. The molecule has 0 saturated carbocycles. The summed E-state index contributed by atoms with van der Waals surface area (Å²) in [6, 6.07) is 14.7. The third-order valence-electron chi connectivity index (χ3n) is 4.49. The smallest absolute Gasteiger partial charge is 0.230 e. The zero-order valence-electron chi connectivity index (χ0n) is 16.5. The van der Waals surface area contributed by atoms with Crippen molar-refractivity contribution in [3.8, 4) is 5.75 Å². The number of fused-ring (bicyclic) bond motifs is 1. The Kier molecular flexibility index (Phi) is 7.07. The van der Waals surface area contributed by atoms with Gasteiger partial charge < -0.3 is 9.15 Å². The largest absolute Gasteiger partial charge is 0.494 e. The Balaban J connectivity index is 1.56. The SMILES string of the molecule is COc1ccc(Cl)c2sc(N(Cc3ccco3)C(=O)CCSc3ccc(Cl)cc3)nc12. The molecule has 5 nitrogen and oxygen atoms in total. The van der Waals surface area contributed by atoms with Crippen LogP contribution < -0.4 is 9.64 Å². The van der Waals surface area contributed by atoms with E-state index in [1.54, 1.807) is 48.2 Å². The molecule has 0 aliphatic heterocycles. The number of aromatic nitrogens is 1. The van der Waals surface area contributed by atoms with E-state index in [2.05, 4.69) is 4.98 Å². The molecule has 0 atom stereocenters. The number of carbonyl (C=O) groups is 1. The minimum Gasteiger partial charge on any atom is -0.494 e. The summed E-state index contributed by atoms with van der Waals surface area (Å²) in [5.41, 5.74) is 0.641. The molecule has 2 aromatic carbocycles. The predicted octanol–water partition coefficient (Wildman–Crippen LogP) is 6.92. The maximum Gasteiger partial charge on any atom is 0.230 e. The van der Waals surface area contributed by atoms with Gasteiger partial charge in [0, 0.05) is 22.1 Å². The van der Waals surface area contributed by atoms with E-state index in [9.17, 15) is 4.79 Å². The molecular weight excluding hydrogens is 475 g/mol. The zero-order chi connectivity index (χ0) is 21.8. The number of ether oxygens (including phenoxy) is 1. The number of benzene rings is 2. The van der Waals surface area contributed by atoms with E-state index >= 15 is 0 Å². The molecule has 31 heavy (non-hydrogen) atoms. The lowest BCUT2D eigenvalue weighted by Gasteiger charge is -2.18. The average Bonchev–Trinajstić information content (AvgIpc) is 3.44. The van der Waals surface area contributed by atoms with Crippen LogP contribution in [-0.4, -0.2) is 23.8 Å². The fourth-order valence-corrected chi connectivity index (χ4v) is 5.20. The highest BCUT2D eigenvalue weighted by atomic mass is 35.5. The Morgan fingerprint density at radius 2 is 2.00 bits per heavy atom. The summed E-state index contributed by atoms with van der Waals surface area (Å²) in [4.78, 5) is 20.6. The second-order valence-corrected chi connectivity index (χ2v) is 9.52. The van der Waals surface area contributed by atoms with Gasteiger partial charge in [-0.3, -0.25) is 9.69 Å². The number of nitrogens with zero attached hydrogens (tertiary/aromatic N) is 2. The Hall–Kier alpha value is -2.19. The molecule has 0 spiro atoms. The molecule has 0 radical (unpaired) electrons. The van der Waals surface area contributed by atoms with Gasteiger partial charge in [-0.1, -0.05) is 34.5 Å². The maximum atomic E-state index is 13.2. The lowest BCUT2D eigenvalue weighted by Crippen LogP contribution is -2.30. The minimum absolute atomic E-state index is 0.0491. The van der Waals surface area contributed by atoms with Gasteiger partial charge in [-0.05, 0) is 48.5 Å². The number of amides is 1. The van der Waals surface area contributed by atoms with E-state index in [1.165, 1.54) is 11.3 Å². The van der Waals surface area contributed by atoms with Crippen LogP contribution in [0.2, 0.25) is 10.0 Å². The number of hydrogen-bond donors (Lipinski definition) is 0. The summed E-state index contributed by atoms with van der Waals surface area (Å²) in [5.74, 6) is 1.87. The van der Waals surface area contributed by atoms with E-state index in [0.29, 0.717) is 44.4 Å². The lowest BCUT2D eigenvalue weighted by molar-refractivity contribution is -0.118. The number of carbonyl (C=O) groups excluding carboxylic acids is 1. The third kappa shape index (κ3) is 5.18. The average molecular weight is 493 g/mol. The van der Waals surface area contributed by atoms with Crippen LogP contribution in [0.25, 0.3) is 10.2 Å². The second kappa shape index (κ2) is 9.96. The van der Waals surface area contributed by atoms with Crippen molar-refractivity contribution < 1.29 is 13.9 Å². The zero-order valence-corrected chi connectivity index (χ0v) is 19.7. The van der Waals surface area contributed by atoms with E-state index in [4.69, 9.17) is 32.4 Å². The highest BCUT2D eigenvalue weighted by Gasteiger charge is 2.23. The van der Waals surface area contributed by atoms with Crippen molar-refractivity contribution in [2.75, 3.05) is 17.8 Å². The third-order valence-corrected chi connectivity index (χ3v) is 7.30. The Morgan fingerprint density at radius 3 is 2.71 bits per heavy atom. The number of thioether (sulfide) groups is 1. The van der Waals surface area contributed by atoms with Crippen molar-refractivity contribution in [3.05, 3.63) is 70.6 Å². The predicted molar refractivity (Wildman–Crippen MR) is 128 cm³/mol. The van der Waals surface area contributed by atoms with Gasteiger partial charge in [0.25, 0.3) is 0 Å². The minimum atomic E-state index is -0.0491. The van der Waals surface area contributed by atoms with Crippen molar-refractivity contribution in [2.24, 2.45) is 0 Å². The first-order chi connectivity index (χ1) is 15.0. The lowest BCUT2D eigenvalue weighted by atomic mass is 10.3. The maximum absolute atomic E-state index is 13.2. The molecule has 2 heterocycles. The molecule has 9 heteroatoms. The van der Waals surface area contributed by atoms with Gasteiger partial charge in [-0.15, -0.1) is 11.8 Å².